The number of rotatable bonds is 13. The van der Waals surface area contributed by atoms with E-state index in [1.54, 1.807) is 12.1 Å². The van der Waals surface area contributed by atoms with E-state index in [0.29, 0.717) is 5.92 Å². The van der Waals surface area contributed by atoms with E-state index in [1.165, 1.54) is 12.1 Å². The zero-order valence-corrected chi connectivity index (χ0v) is 30.7. The number of halogens is 1. The summed E-state index contributed by atoms with van der Waals surface area (Å²) in [6.45, 7) is 10.3. The monoisotopic (exact) mass is 696 g/mol. The molecule has 0 saturated heterocycles. The van der Waals surface area contributed by atoms with E-state index in [1.807, 2.05) is 60.7 Å². The van der Waals surface area contributed by atoms with Crippen LogP contribution in [0.4, 0.5) is 4.39 Å². The van der Waals surface area contributed by atoms with E-state index in [0.717, 1.165) is 51.3 Å². The topological polar surface area (TPSA) is 85.7 Å². The number of carboxylic acids is 1. The van der Waals surface area contributed by atoms with Gasteiger partial charge in [0, 0.05) is 17.2 Å². The summed E-state index contributed by atoms with van der Waals surface area (Å²) < 4.78 is 40.0. The molecule has 3 aromatic carbocycles. The predicted octanol–water partition coefficient (Wildman–Crippen LogP) is 8.42. The van der Waals surface area contributed by atoms with Crippen molar-refractivity contribution in [3.8, 4) is 23.0 Å². The van der Waals surface area contributed by atoms with Crippen LogP contribution in [0.15, 0.2) is 91.0 Å². The van der Waals surface area contributed by atoms with Crippen LogP contribution in [-0.4, -0.2) is 43.2 Å². The highest BCUT2D eigenvalue weighted by molar-refractivity contribution is 7.39. The number of benzene rings is 3. The number of aromatic nitrogens is 1. The Labute approximate surface area is 291 Å². The van der Waals surface area contributed by atoms with Crippen LogP contribution in [0, 0.1) is 17.7 Å². The van der Waals surface area contributed by atoms with Crippen LogP contribution in [0.25, 0.3) is 11.1 Å². The van der Waals surface area contributed by atoms with Gasteiger partial charge in [-0.05, 0) is 62.5 Å². The van der Waals surface area contributed by atoms with Crippen molar-refractivity contribution in [1.82, 2.24) is 4.98 Å². The molecule has 6 nitrogen and oxygen atoms in total. The summed E-state index contributed by atoms with van der Waals surface area (Å²) in [6.07, 6.45) is 0.920. The Bertz CT molecular complexity index is 1790. The molecule has 1 saturated carbocycles. The number of pyridine rings is 1. The van der Waals surface area contributed by atoms with Gasteiger partial charge in [-0.1, -0.05) is 119 Å². The molecular weight excluding hydrogens is 652 g/mol. The number of aliphatic carboxylic acids is 1. The van der Waals surface area contributed by atoms with Gasteiger partial charge in [-0.2, -0.15) is 0 Å². The summed E-state index contributed by atoms with van der Waals surface area (Å²) in [5.74, 6) is 5.43. The molecule has 2 atom stereocenters. The first-order valence-corrected chi connectivity index (χ1v) is 20.0. The highest BCUT2D eigenvalue weighted by atomic mass is 31.1. The minimum atomic E-state index is -3.10. The van der Waals surface area contributed by atoms with Crippen molar-refractivity contribution in [2.45, 2.75) is 76.9 Å². The van der Waals surface area contributed by atoms with Crippen molar-refractivity contribution in [1.29, 1.82) is 0 Å². The molecule has 1 aromatic heterocycles. The summed E-state index contributed by atoms with van der Waals surface area (Å²) in [6, 6.07) is 28.3. The van der Waals surface area contributed by atoms with Gasteiger partial charge in [0.1, 0.15) is 11.9 Å². The summed E-state index contributed by atoms with van der Waals surface area (Å²) in [4.78, 5) is 17.1. The number of carbonyl (C=O) groups is 1. The molecule has 1 aliphatic carbocycles. The highest BCUT2D eigenvalue weighted by Crippen LogP contribution is 2.42. The van der Waals surface area contributed by atoms with E-state index >= 15 is 0 Å². The molecule has 4 aromatic rings. The first-order chi connectivity index (χ1) is 23.4. The largest absolute Gasteiger partial charge is 0.511 e. The van der Waals surface area contributed by atoms with Gasteiger partial charge in [-0.25, -0.2) is 4.39 Å². The molecule has 1 unspecified atom stereocenters. The molecule has 1 fully saturated rings. The van der Waals surface area contributed by atoms with E-state index in [4.69, 9.17) is 13.9 Å². The van der Waals surface area contributed by atoms with Gasteiger partial charge in [-0.3, -0.25) is 9.78 Å². The second kappa shape index (κ2) is 15.7. The fourth-order valence-electron chi connectivity index (χ4n) is 6.31. The Balaban J connectivity index is 1.40. The van der Waals surface area contributed by atoms with Crippen molar-refractivity contribution in [3.63, 3.8) is 0 Å². The molecule has 0 aliphatic heterocycles. The highest BCUT2D eigenvalue weighted by Gasteiger charge is 2.52. The minimum absolute atomic E-state index is 0.0927. The van der Waals surface area contributed by atoms with Crippen LogP contribution in [0.2, 0.25) is 5.04 Å². The van der Waals surface area contributed by atoms with Gasteiger partial charge in [0.25, 0.3) is 8.32 Å². The average molecular weight is 697 g/mol. The zero-order chi connectivity index (χ0) is 35.2. The van der Waals surface area contributed by atoms with Gasteiger partial charge < -0.3 is 9.53 Å². The van der Waals surface area contributed by atoms with Gasteiger partial charge >= 0.3 is 14.0 Å². The molecular formula is C40H44FNO5PSi+. The summed E-state index contributed by atoms with van der Waals surface area (Å²) in [7, 11) is -5.42. The lowest BCUT2D eigenvalue weighted by Gasteiger charge is -2.44. The molecule has 0 amide bonds. The third-order valence-electron chi connectivity index (χ3n) is 8.77. The first-order valence-electron chi connectivity index (χ1n) is 16.8. The maximum atomic E-state index is 13.8. The van der Waals surface area contributed by atoms with Gasteiger partial charge in [0.2, 0.25) is 6.16 Å². The number of carboxylic acid groups (broad SMARTS) is 1. The van der Waals surface area contributed by atoms with E-state index in [2.05, 4.69) is 52.5 Å². The van der Waals surface area contributed by atoms with Crippen LogP contribution in [0.5, 0.6) is 0 Å². The van der Waals surface area contributed by atoms with Crippen molar-refractivity contribution in [3.05, 3.63) is 114 Å². The lowest BCUT2D eigenvalue weighted by Crippen LogP contribution is -2.68. The molecule has 254 valence electrons. The number of hydrogen-bond acceptors (Lipinski definition) is 5. The molecule has 0 bridgehead atoms. The van der Waals surface area contributed by atoms with Crippen LogP contribution in [0.1, 0.15) is 82.7 Å². The molecule has 49 heavy (non-hydrogen) atoms. The van der Waals surface area contributed by atoms with E-state index in [9.17, 15) is 18.9 Å². The lowest BCUT2D eigenvalue weighted by molar-refractivity contribution is -0.138. The van der Waals surface area contributed by atoms with Crippen LogP contribution in [0.3, 0.4) is 0 Å². The van der Waals surface area contributed by atoms with Gasteiger partial charge in [0.15, 0.2) is 6.61 Å². The van der Waals surface area contributed by atoms with Crippen LogP contribution in [-0.2, 0) is 18.3 Å². The van der Waals surface area contributed by atoms with Crippen LogP contribution < -0.4 is 10.4 Å². The third-order valence-corrected chi connectivity index (χ3v) is 15.0. The second-order valence-corrected chi connectivity index (χ2v) is 19.4. The predicted molar refractivity (Wildman–Crippen MR) is 196 cm³/mol. The van der Waals surface area contributed by atoms with Gasteiger partial charge in [0.05, 0.1) is 17.7 Å². The maximum absolute atomic E-state index is 13.8. The Hall–Kier alpha value is -3.99. The van der Waals surface area contributed by atoms with Crippen molar-refractivity contribution < 1.29 is 27.8 Å². The smallest absolute Gasteiger partial charge is 0.481 e. The fraction of sp³-hybridized carbons (Fsp3) is 0.350. The van der Waals surface area contributed by atoms with Crippen molar-refractivity contribution in [2.75, 3.05) is 12.8 Å². The van der Waals surface area contributed by atoms with Crippen molar-refractivity contribution >= 4 is 32.7 Å². The molecule has 5 rings (SSSR count). The molecule has 1 N–H and O–H groups in total. The maximum Gasteiger partial charge on any atom is 0.511 e. The summed E-state index contributed by atoms with van der Waals surface area (Å²) in [5.41, 5.74) is 4.36. The first kappa shape index (κ1) is 36.3. The minimum Gasteiger partial charge on any atom is -0.481 e. The molecule has 0 spiro atoms. The summed E-state index contributed by atoms with van der Waals surface area (Å²) in [5, 5.41) is 11.5. The quantitative estimate of drug-likeness (QED) is 0.0859. The zero-order valence-electron chi connectivity index (χ0n) is 28.8. The van der Waals surface area contributed by atoms with E-state index in [-0.39, 0.29) is 36.0 Å². The Morgan fingerprint density at radius 3 is 2.10 bits per heavy atom. The van der Waals surface area contributed by atoms with Crippen LogP contribution >= 0.6 is 8.03 Å². The number of hydrogen-bond donors (Lipinski definition) is 1. The second-order valence-electron chi connectivity index (χ2n) is 13.9. The lowest BCUT2D eigenvalue weighted by atomic mass is 9.93. The molecule has 1 aliphatic rings. The van der Waals surface area contributed by atoms with Gasteiger partial charge in [-0.15, -0.1) is 4.52 Å². The Morgan fingerprint density at radius 1 is 1.00 bits per heavy atom. The molecule has 9 heteroatoms. The summed E-state index contributed by atoms with van der Waals surface area (Å²) >= 11 is 0. The number of nitrogens with zero attached hydrogens (tertiary/aromatic N) is 1. The Morgan fingerprint density at radius 2 is 1.59 bits per heavy atom. The molecule has 1 heterocycles. The Kier molecular flexibility index (Phi) is 11.6. The molecule has 0 radical (unpaired) electrons. The van der Waals surface area contributed by atoms with Crippen molar-refractivity contribution in [2.24, 2.45) is 0 Å². The normalized spacial score (nSPS) is 14.2. The fourth-order valence-corrected chi connectivity index (χ4v) is 12.0. The van der Waals surface area contributed by atoms with E-state index < -0.39 is 28.4 Å². The SMILES string of the molecule is CC(C)c1nc(C2CC2)cc(-c2ccc(F)cc2)c1C#CCO[P+](=O)C[C@H](CC(=O)O)O[Si](c1ccccc1)(c1ccccc1)C(C)(C)C. The average Bonchev–Trinajstić information content (AvgIpc) is 3.91. The third kappa shape index (κ3) is 8.79. The standard InChI is InChI=1S/C40H43FNO5PSi/c1-28(2)39-35(36(26-37(42-39)30-18-19-30)29-20-22-31(41)23-21-29)17-12-24-46-48(45)27-32(25-38(43)44)47-49(40(3,4)5,33-13-8-6-9-14-33)34-15-10-7-11-16-34/h6-11,13-16,20-23,26,28,30,32H,18-19,24-25,27H2,1-5H3/p+1/t32-/m0/s1.